The van der Waals surface area contributed by atoms with E-state index in [1.165, 1.54) is 0 Å². The Hall–Kier alpha value is -0.570. The standard InChI is InChI=1S/C10H19NO2/c1-7(2)8-5-3-4-6-10(8,11)9(12)13/h7-8H,3-6,11H2,1-2H3,(H,12,13). The van der Waals surface area contributed by atoms with Gasteiger partial charge in [0.05, 0.1) is 0 Å². The van der Waals surface area contributed by atoms with Gasteiger partial charge in [0.25, 0.3) is 0 Å². The van der Waals surface area contributed by atoms with Crippen LogP contribution in [0, 0.1) is 11.8 Å². The molecule has 3 heteroatoms. The average Bonchev–Trinajstić information content (AvgIpc) is 2.04. The quantitative estimate of drug-likeness (QED) is 0.687. The van der Waals surface area contributed by atoms with Gasteiger partial charge in [0, 0.05) is 0 Å². The number of aliphatic carboxylic acids is 1. The predicted octanol–water partition coefficient (Wildman–Crippen LogP) is 1.61. The zero-order valence-electron chi connectivity index (χ0n) is 8.42. The summed E-state index contributed by atoms with van der Waals surface area (Å²) in [5.74, 6) is -0.328. The second-order valence-electron chi connectivity index (χ2n) is 4.44. The summed E-state index contributed by atoms with van der Waals surface area (Å²) in [7, 11) is 0. The van der Waals surface area contributed by atoms with E-state index in [4.69, 9.17) is 10.8 Å². The van der Waals surface area contributed by atoms with Crippen molar-refractivity contribution in [1.82, 2.24) is 0 Å². The molecule has 1 aliphatic rings. The minimum atomic E-state index is -0.966. The number of carboxylic acids is 1. The van der Waals surface area contributed by atoms with Gasteiger partial charge in [-0.1, -0.05) is 26.7 Å². The first-order valence-corrected chi connectivity index (χ1v) is 5.00. The van der Waals surface area contributed by atoms with Gasteiger partial charge < -0.3 is 10.8 Å². The lowest BCUT2D eigenvalue weighted by Crippen LogP contribution is -2.57. The highest BCUT2D eigenvalue weighted by atomic mass is 16.4. The van der Waals surface area contributed by atoms with Crippen LogP contribution in [0.15, 0.2) is 0 Å². The first-order chi connectivity index (χ1) is 5.98. The zero-order chi connectivity index (χ0) is 10.1. The molecule has 13 heavy (non-hydrogen) atoms. The van der Waals surface area contributed by atoms with Gasteiger partial charge in [0.15, 0.2) is 0 Å². The largest absolute Gasteiger partial charge is 0.480 e. The maximum atomic E-state index is 11.1. The molecule has 0 spiro atoms. The highest BCUT2D eigenvalue weighted by molar-refractivity contribution is 5.79. The second kappa shape index (κ2) is 3.66. The molecule has 0 bridgehead atoms. The summed E-state index contributed by atoms with van der Waals surface area (Å²) in [5.41, 5.74) is 4.98. The van der Waals surface area contributed by atoms with Gasteiger partial charge in [-0.2, -0.15) is 0 Å². The van der Waals surface area contributed by atoms with E-state index in [0.29, 0.717) is 12.3 Å². The van der Waals surface area contributed by atoms with Gasteiger partial charge in [0.1, 0.15) is 5.54 Å². The summed E-state index contributed by atoms with van der Waals surface area (Å²) in [6, 6.07) is 0. The van der Waals surface area contributed by atoms with Crippen LogP contribution in [-0.4, -0.2) is 16.6 Å². The molecule has 0 saturated heterocycles. The highest BCUT2D eigenvalue weighted by Gasteiger charge is 2.44. The number of hydrogen-bond donors (Lipinski definition) is 2. The molecule has 3 N–H and O–H groups in total. The summed E-state index contributed by atoms with van der Waals surface area (Å²) in [6.07, 6.45) is 3.66. The maximum absolute atomic E-state index is 11.1. The van der Waals surface area contributed by atoms with Crippen molar-refractivity contribution in [2.45, 2.75) is 45.1 Å². The number of nitrogens with two attached hydrogens (primary N) is 1. The first kappa shape index (κ1) is 10.5. The number of carbonyl (C=O) groups is 1. The summed E-state index contributed by atoms with van der Waals surface area (Å²) in [5, 5.41) is 9.09. The van der Waals surface area contributed by atoms with Crippen molar-refractivity contribution in [3.8, 4) is 0 Å². The Kier molecular flexibility index (Phi) is 2.96. The van der Waals surface area contributed by atoms with Gasteiger partial charge >= 0.3 is 5.97 Å². The summed E-state index contributed by atoms with van der Waals surface area (Å²) in [6.45, 7) is 4.11. The van der Waals surface area contributed by atoms with Crippen LogP contribution in [0.1, 0.15) is 39.5 Å². The molecular weight excluding hydrogens is 166 g/mol. The Morgan fingerprint density at radius 1 is 1.54 bits per heavy atom. The Morgan fingerprint density at radius 2 is 2.15 bits per heavy atom. The van der Waals surface area contributed by atoms with E-state index < -0.39 is 11.5 Å². The topological polar surface area (TPSA) is 63.3 Å². The molecule has 0 aromatic rings. The molecule has 1 rings (SSSR count). The molecule has 3 nitrogen and oxygen atoms in total. The Balaban J connectivity index is 2.83. The van der Waals surface area contributed by atoms with E-state index in [1.54, 1.807) is 0 Å². The molecule has 1 aliphatic carbocycles. The van der Waals surface area contributed by atoms with Gasteiger partial charge in [0.2, 0.25) is 0 Å². The second-order valence-corrected chi connectivity index (χ2v) is 4.44. The Labute approximate surface area is 79.3 Å². The first-order valence-electron chi connectivity index (χ1n) is 5.00. The van der Waals surface area contributed by atoms with Crippen molar-refractivity contribution in [1.29, 1.82) is 0 Å². The summed E-state index contributed by atoms with van der Waals surface area (Å²) < 4.78 is 0. The van der Waals surface area contributed by atoms with Crippen molar-refractivity contribution in [3.05, 3.63) is 0 Å². The van der Waals surface area contributed by atoms with Crippen molar-refractivity contribution >= 4 is 5.97 Å². The fourth-order valence-corrected chi connectivity index (χ4v) is 2.42. The Bertz CT molecular complexity index is 203. The Morgan fingerprint density at radius 3 is 2.54 bits per heavy atom. The third kappa shape index (κ3) is 1.85. The molecule has 0 aliphatic heterocycles. The molecule has 1 saturated carbocycles. The van der Waals surface area contributed by atoms with E-state index >= 15 is 0 Å². The third-order valence-electron chi connectivity index (χ3n) is 3.22. The van der Waals surface area contributed by atoms with Crippen molar-refractivity contribution in [3.63, 3.8) is 0 Å². The monoisotopic (exact) mass is 185 g/mol. The van der Waals surface area contributed by atoms with Crippen LogP contribution in [0.5, 0.6) is 0 Å². The molecule has 2 atom stereocenters. The van der Waals surface area contributed by atoms with Crippen LogP contribution in [0.25, 0.3) is 0 Å². The lowest BCUT2D eigenvalue weighted by atomic mass is 9.68. The minimum Gasteiger partial charge on any atom is -0.480 e. The van der Waals surface area contributed by atoms with E-state index in [-0.39, 0.29) is 5.92 Å². The fourth-order valence-electron chi connectivity index (χ4n) is 2.42. The number of hydrogen-bond acceptors (Lipinski definition) is 2. The van der Waals surface area contributed by atoms with Crippen molar-refractivity contribution < 1.29 is 9.90 Å². The molecule has 0 aromatic heterocycles. The minimum absolute atomic E-state index is 0.138. The van der Waals surface area contributed by atoms with Gasteiger partial charge in [-0.3, -0.25) is 4.79 Å². The van der Waals surface area contributed by atoms with Crippen LogP contribution in [0.3, 0.4) is 0 Å². The van der Waals surface area contributed by atoms with Crippen LogP contribution in [0.2, 0.25) is 0 Å². The van der Waals surface area contributed by atoms with Crippen molar-refractivity contribution in [2.75, 3.05) is 0 Å². The molecule has 76 valence electrons. The van der Waals surface area contributed by atoms with Crippen LogP contribution >= 0.6 is 0 Å². The maximum Gasteiger partial charge on any atom is 0.323 e. The fraction of sp³-hybridized carbons (Fsp3) is 0.900. The van der Waals surface area contributed by atoms with Crippen LogP contribution < -0.4 is 5.73 Å². The molecule has 0 heterocycles. The SMILES string of the molecule is CC(C)C1CCCCC1(N)C(=O)O. The molecular formula is C10H19NO2. The van der Waals surface area contributed by atoms with E-state index in [1.807, 2.05) is 0 Å². The predicted molar refractivity (Wildman–Crippen MR) is 51.4 cm³/mol. The molecule has 0 radical (unpaired) electrons. The van der Waals surface area contributed by atoms with E-state index in [9.17, 15) is 4.79 Å². The van der Waals surface area contributed by atoms with Gasteiger partial charge in [-0.25, -0.2) is 0 Å². The summed E-state index contributed by atoms with van der Waals surface area (Å²) in [4.78, 5) is 11.1. The molecule has 2 unspecified atom stereocenters. The normalized spacial score (nSPS) is 34.9. The van der Waals surface area contributed by atoms with E-state index in [0.717, 1.165) is 19.3 Å². The molecule has 0 aromatic carbocycles. The van der Waals surface area contributed by atoms with Gasteiger partial charge in [-0.05, 0) is 24.7 Å². The molecule has 1 fully saturated rings. The van der Waals surface area contributed by atoms with Gasteiger partial charge in [-0.15, -0.1) is 0 Å². The van der Waals surface area contributed by atoms with Crippen LogP contribution in [-0.2, 0) is 4.79 Å². The van der Waals surface area contributed by atoms with E-state index in [2.05, 4.69) is 13.8 Å². The lowest BCUT2D eigenvalue weighted by molar-refractivity contribution is -0.148. The zero-order valence-corrected chi connectivity index (χ0v) is 8.42. The average molecular weight is 185 g/mol. The number of carboxylic acid groups (broad SMARTS) is 1. The van der Waals surface area contributed by atoms with Crippen LogP contribution in [0.4, 0.5) is 0 Å². The highest BCUT2D eigenvalue weighted by Crippen LogP contribution is 2.36. The summed E-state index contributed by atoms with van der Waals surface area (Å²) >= 11 is 0. The lowest BCUT2D eigenvalue weighted by Gasteiger charge is -2.40. The number of rotatable bonds is 2. The third-order valence-corrected chi connectivity index (χ3v) is 3.22. The molecule has 0 amide bonds. The smallest absolute Gasteiger partial charge is 0.323 e. The van der Waals surface area contributed by atoms with Crippen molar-refractivity contribution in [2.24, 2.45) is 17.6 Å².